The van der Waals surface area contributed by atoms with Crippen LogP contribution in [0.15, 0.2) is 0 Å². The first-order chi connectivity index (χ1) is 13.3. The smallest absolute Gasteiger partial charge is 0.245 e. The topological polar surface area (TPSA) is 58.4 Å². The van der Waals surface area contributed by atoms with E-state index in [1.165, 1.54) is 32.1 Å². The molecule has 1 amide bonds. The maximum absolute atomic E-state index is 13.3. The van der Waals surface area contributed by atoms with Gasteiger partial charge < -0.3 is 16.0 Å². The van der Waals surface area contributed by atoms with Crippen LogP contribution in [0, 0.1) is 29.1 Å². The molecule has 3 N–H and O–H groups in total. The molecular formula is C23H39N3OS. The van der Waals surface area contributed by atoms with Crippen molar-refractivity contribution in [3.63, 3.8) is 0 Å². The summed E-state index contributed by atoms with van der Waals surface area (Å²) in [5.41, 5.74) is 5.42. The Labute approximate surface area is 177 Å². The van der Waals surface area contributed by atoms with E-state index in [4.69, 9.17) is 18.0 Å². The Kier molecular flexibility index (Phi) is 8.77. The molecule has 1 heterocycles. The van der Waals surface area contributed by atoms with Gasteiger partial charge >= 0.3 is 0 Å². The summed E-state index contributed by atoms with van der Waals surface area (Å²) < 4.78 is 0. The van der Waals surface area contributed by atoms with Gasteiger partial charge in [0.25, 0.3) is 0 Å². The van der Waals surface area contributed by atoms with E-state index < -0.39 is 0 Å². The van der Waals surface area contributed by atoms with Crippen molar-refractivity contribution in [1.82, 2.24) is 10.2 Å². The van der Waals surface area contributed by atoms with Crippen LogP contribution in [-0.2, 0) is 4.79 Å². The first kappa shape index (κ1) is 23.2. The molecule has 158 valence electrons. The number of hydrogen-bond donors (Lipinski definition) is 2. The van der Waals surface area contributed by atoms with E-state index >= 15 is 0 Å². The van der Waals surface area contributed by atoms with Gasteiger partial charge in [0.15, 0.2) is 0 Å². The van der Waals surface area contributed by atoms with Gasteiger partial charge in [-0.25, -0.2) is 0 Å². The number of carbonyl (C=O) groups excluding carboxylic acids is 1. The predicted octanol–water partition coefficient (Wildman–Crippen LogP) is 3.88. The summed E-state index contributed by atoms with van der Waals surface area (Å²) in [7, 11) is 0. The van der Waals surface area contributed by atoms with Crippen molar-refractivity contribution in [3.05, 3.63) is 0 Å². The Balaban J connectivity index is 1.90. The molecule has 0 aromatic heterocycles. The van der Waals surface area contributed by atoms with Gasteiger partial charge in [-0.05, 0) is 37.0 Å². The lowest BCUT2D eigenvalue weighted by atomic mass is 9.73. The number of nitrogens with one attached hydrogen (secondary N) is 1. The van der Waals surface area contributed by atoms with Crippen molar-refractivity contribution in [1.29, 1.82) is 0 Å². The minimum Gasteiger partial charge on any atom is -0.367 e. The third-order valence-electron chi connectivity index (χ3n) is 6.11. The van der Waals surface area contributed by atoms with Gasteiger partial charge in [0.1, 0.15) is 6.04 Å². The normalized spacial score (nSPS) is 25.5. The summed E-state index contributed by atoms with van der Waals surface area (Å²) in [6.45, 7) is 9.55. The second kappa shape index (κ2) is 10.6. The third kappa shape index (κ3) is 6.46. The molecule has 2 aliphatic rings. The monoisotopic (exact) mass is 405 g/mol. The van der Waals surface area contributed by atoms with Crippen molar-refractivity contribution in [2.24, 2.45) is 23.0 Å². The molecule has 1 aliphatic carbocycles. The van der Waals surface area contributed by atoms with Crippen LogP contribution in [0.1, 0.15) is 79.1 Å². The van der Waals surface area contributed by atoms with Gasteiger partial charge in [0, 0.05) is 31.5 Å². The number of nitrogens with zero attached hydrogens (tertiary/aromatic N) is 1. The van der Waals surface area contributed by atoms with Crippen LogP contribution in [-0.4, -0.2) is 41.0 Å². The van der Waals surface area contributed by atoms with Gasteiger partial charge in [0.2, 0.25) is 5.91 Å². The highest BCUT2D eigenvalue weighted by atomic mass is 32.1. The third-order valence-corrected chi connectivity index (χ3v) is 6.39. The minimum atomic E-state index is -0.344. The number of hydrogen-bond acceptors (Lipinski definition) is 3. The summed E-state index contributed by atoms with van der Waals surface area (Å²) >= 11 is 5.25. The molecule has 0 spiro atoms. The lowest BCUT2D eigenvalue weighted by Crippen LogP contribution is -2.56. The highest BCUT2D eigenvalue weighted by Crippen LogP contribution is 2.36. The highest BCUT2D eigenvalue weighted by molar-refractivity contribution is 7.80. The Morgan fingerprint density at radius 3 is 2.68 bits per heavy atom. The van der Waals surface area contributed by atoms with Crippen molar-refractivity contribution >= 4 is 23.1 Å². The minimum absolute atomic E-state index is 0.135. The zero-order valence-corrected chi connectivity index (χ0v) is 19.0. The highest BCUT2D eigenvalue weighted by Gasteiger charge is 2.38. The summed E-state index contributed by atoms with van der Waals surface area (Å²) in [6.07, 6.45) is 9.44. The fourth-order valence-corrected chi connectivity index (χ4v) is 4.39. The summed E-state index contributed by atoms with van der Waals surface area (Å²) in [6, 6.07) is -0.114. The van der Waals surface area contributed by atoms with Crippen LogP contribution in [0.5, 0.6) is 0 Å². The van der Waals surface area contributed by atoms with E-state index in [1.54, 1.807) is 0 Å². The number of unbranched alkanes of at least 4 members (excludes halogenated alkanes) is 1. The quantitative estimate of drug-likeness (QED) is 0.498. The summed E-state index contributed by atoms with van der Waals surface area (Å²) in [5, 5.41) is 3.20. The Morgan fingerprint density at radius 1 is 1.36 bits per heavy atom. The fourth-order valence-electron chi connectivity index (χ4n) is 4.28. The molecule has 2 rings (SSSR count). The zero-order chi connectivity index (χ0) is 20.7. The van der Waals surface area contributed by atoms with Crippen molar-refractivity contribution < 1.29 is 4.79 Å². The molecule has 1 aliphatic heterocycles. The molecular weight excluding hydrogens is 366 g/mol. The van der Waals surface area contributed by atoms with E-state index in [2.05, 4.69) is 44.9 Å². The lowest BCUT2D eigenvalue weighted by Gasteiger charge is -2.36. The van der Waals surface area contributed by atoms with Gasteiger partial charge in [-0.3, -0.25) is 4.79 Å². The van der Waals surface area contributed by atoms with Gasteiger partial charge in [-0.15, -0.1) is 5.92 Å². The maximum Gasteiger partial charge on any atom is 0.245 e. The molecule has 5 heteroatoms. The molecule has 1 unspecified atom stereocenters. The van der Waals surface area contributed by atoms with E-state index in [0.717, 1.165) is 31.7 Å². The van der Waals surface area contributed by atoms with Gasteiger partial charge in [0.05, 0.1) is 4.99 Å². The van der Waals surface area contributed by atoms with Crippen LogP contribution < -0.4 is 11.1 Å². The Hall–Kier alpha value is -1.12. The maximum atomic E-state index is 13.3. The van der Waals surface area contributed by atoms with Crippen LogP contribution >= 0.6 is 12.2 Å². The number of likely N-dealkylation sites (tertiary alicyclic amines) is 1. The van der Waals surface area contributed by atoms with Crippen LogP contribution in [0.25, 0.3) is 0 Å². The van der Waals surface area contributed by atoms with E-state index in [0.29, 0.717) is 10.9 Å². The molecule has 28 heavy (non-hydrogen) atoms. The second-order valence-corrected chi connectivity index (χ2v) is 10.1. The molecule has 0 aromatic rings. The van der Waals surface area contributed by atoms with Crippen molar-refractivity contribution in [2.45, 2.75) is 91.1 Å². The molecule has 2 fully saturated rings. The molecule has 4 nitrogen and oxygen atoms in total. The number of rotatable bonds is 7. The van der Waals surface area contributed by atoms with E-state index in [1.807, 2.05) is 4.90 Å². The Morgan fingerprint density at radius 2 is 2.07 bits per heavy atom. The summed E-state index contributed by atoms with van der Waals surface area (Å²) in [4.78, 5) is 15.9. The van der Waals surface area contributed by atoms with Crippen LogP contribution in [0.4, 0.5) is 0 Å². The molecule has 0 bridgehead atoms. The van der Waals surface area contributed by atoms with Gasteiger partial charge in [-0.1, -0.05) is 65.1 Å². The van der Waals surface area contributed by atoms with Crippen molar-refractivity contribution in [2.75, 3.05) is 13.1 Å². The first-order valence-corrected chi connectivity index (χ1v) is 11.4. The van der Waals surface area contributed by atoms with Crippen molar-refractivity contribution in [3.8, 4) is 11.8 Å². The average molecular weight is 406 g/mol. The standard InChI is InChI=1S/C23H39N3OS/c1-5-6-9-17-14-18(15-17)10-7-11-19-12-8-13-26(19)22(27)21(23(2,3)4)25-20(28)16-24/h17-19,21H,5-6,8-9,11-16,24H2,1-4H3,(H,25,28)/t17?,18?,19?,21-/m1/s1. The summed E-state index contributed by atoms with van der Waals surface area (Å²) in [5.74, 6) is 8.50. The van der Waals surface area contributed by atoms with Crippen LogP contribution in [0.2, 0.25) is 0 Å². The fraction of sp³-hybridized carbons (Fsp3) is 0.826. The van der Waals surface area contributed by atoms with E-state index in [9.17, 15) is 4.79 Å². The number of carbonyl (C=O) groups is 1. The van der Waals surface area contributed by atoms with Crippen LogP contribution in [0.3, 0.4) is 0 Å². The number of nitrogens with two attached hydrogens (primary N) is 1. The largest absolute Gasteiger partial charge is 0.367 e. The molecule has 0 radical (unpaired) electrons. The second-order valence-electron chi connectivity index (χ2n) is 9.60. The zero-order valence-electron chi connectivity index (χ0n) is 18.2. The SMILES string of the molecule is CCCCC1CC(C#CCC2CCCN2C(=O)[C@@H](NC(=S)CN)C(C)(C)C)C1. The Bertz CT molecular complexity index is 595. The average Bonchev–Trinajstić information content (AvgIpc) is 3.07. The number of amides is 1. The first-order valence-electron chi connectivity index (χ1n) is 11.0. The van der Waals surface area contributed by atoms with E-state index in [-0.39, 0.29) is 30.0 Å². The predicted molar refractivity (Wildman–Crippen MR) is 121 cm³/mol. The lowest BCUT2D eigenvalue weighted by molar-refractivity contribution is -0.136. The van der Waals surface area contributed by atoms with Gasteiger partial charge in [-0.2, -0.15) is 0 Å². The molecule has 1 saturated carbocycles. The molecule has 2 atom stereocenters. The molecule has 0 aromatic carbocycles. The molecule has 1 saturated heterocycles. The number of thiocarbonyl (C=S) groups is 1.